The zero-order chi connectivity index (χ0) is 20.6. The van der Waals surface area contributed by atoms with E-state index in [9.17, 15) is 9.59 Å². The standard InChI is InChI=1S/C22H22N2O5/c1-15(29-14-16-5-3-6-19(13-16)27-2)21(25)23-17-8-10-18(11-9-17)24-22(26)20-7-4-12-28-20/h3-13,15H,14H2,1-2H3,(H,23,25)(H,24,26). The Morgan fingerprint density at radius 1 is 1.00 bits per heavy atom. The molecule has 1 heterocycles. The number of carbonyl (C=O) groups excluding carboxylic acids is 2. The summed E-state index contributed by atoms with van der Waals surface area (Å²) in [7, 11) is 1.60. The number of furan rings is 1. The van der Waals surface area contributed by atoms with Gasteiger partial charge in [0.1, 0.15) is 11.9 Å². The lowest BCUT2D eigenvalue weighted by Gasteiger charge is -2.14. The van der Waals surface area contributed by atoms with Gasteiger partial charge in [-0.2, -0.15) is 0 Å². The second-order valence-corrected chi connectivity index (χ2v) is 6.30. The van der Waals surface area contributed by atoms with Crippen molar-refractivity contribution in [3.63, 3.8) is 0 Å². The van der Waals surface area contributed by atoms with Crippen LogP contribution in [0.1, 0.15) is 23.0 Å². The van der Waals surface area contributed by atoms with Gasteiger partial charge in [0.05, 0.1) is 20.0 Å². The first-order valence-electron chi connectivity index (χ1n) is 9.05. The molecule has 2 N–H and O–H groups in total. The lowest BCUT2D eigenvalue weighted by Crippen LogP contribution is -2.27. The highest BCUT2D eigenvalue weighted by Crippen LogP contribution is 2.17. The summed E-state index contributed by atoms with van der Waals surface area (Å²) < 4.78 is 15.9. The summed E-state index contributed by atoms with van der Waals surface area (Å²) in [4.78, 5) is 24.3. The van der Waals surface area contributed by atoms with E-state index < -0.39 is 6.10 Å². The van der Waals surface area contributed by atoms with Crippen LogP contribution < -0.4 is 15.4 Å². The van der Waals surface area contributed by atoms with E-state index in [1.54, 1.807) is 50.4 Å². The Kier molecular flexibility index (Phi) is 6.65. The van der Waals surface area contributed by atoms with Crippen LogP contribution in [0.4, 0.5) is 11.4 Å². The smallest absolute Gasteiger partial charge is 0.291 e. The minimum absolute atomic E-state index is 0.226. The Labute approximate surface area is 168 Å². The maximum atomic E-state index is 12.3. The molecule has 0 fully saturated rings. The number of amides is 2. The van der Waals surface area contributed by atoms with Crippen molar-refractivity contribution in [2.75, 3.05) is 17.7 Å². The number of carbonyl (C=O) groups is 2. The summed E-state index contributed by atoms with van der Waals surface area (Å²) in [5, 5.41) is 5.50. The first kappa shape index (κ1) is 20.2. The molecule has 0 spiro atoms. The van der Waals surface area contributed by atoms with Gasteiger partial charge >= 0.3 is 0 Å². The van der Waals surface area contributed by atoms with Gasteiger partial charge in [-0.1, -0.05) is 12.1 Å². The molecule has 3 rings (SSSR count). The molecule has 0 saturated carbocycles. The van der Waals surface area contributed by atoms with Crippen LogP contribution in [0.2, 0.25) is 0 Å². The number of hydrogen-bond acceptors (Lipinski definition) is 5. The van der Waals surface area contributed by atoms with Crippen molar-refractivity contribution in [2.45, 2.75) is 19.6 Å². The van der Waals surface area contributed by atoms with Crippen molar-refractivity contribution in [2.24, 2.45) is 0 Å². The number of nitrogens with one attached hydrogen (secondary N) is 2. The van der Waals surface area contributed by atoms with Crippen LogP contribution >= 0.6 is 0 Å². The van der Waals surface area contributed by atoms with Crippen molar-refractivity contribution in [3.05, 3.63) is 78.3 Å². The van der Waals surface area contributed by atoms with Crippen LogP contribution in [0.15, 0.2) is 71.3 Å². The molecule has 0 bridgehead atoms. The lowest BCUT2D eigenvalue weighted by molar-refractivity contribution is -0.127. The van der Waals surface area contributed by atoms with Crippen molar-refractivity contribution in [1.29, 1.82) is 0 Å². The Hall–Kier alpha value is -3.58. The van der Waals surface area contributed by atoms with E-state index in [0.29, 0.717) is 18.0 Å². The lowest BCUT2D eigenvalue weighted by atomic mass is 10.2. The molecule has 0 aliphatic heterocycles. The Morgan fingerprint density at radius 2 is 1.72 bits per heavy atom. The second-order valence-electron chi connectivity index (χ2n) is 6.30. The van der Waals surface area contributed by atoms with Crippen LogP contribution in [-0.2, 0) is 16.1 Å². The molecular formula is C22H22N2O5. The molecule has 3 aromatic rings. The van der Waals surface area contributed by atoms with Crippen LogP contribution in [0.3, 0.4) is 0 Å². The average Bonchev–Trinajstić information content (AvgIpc) is 3.28. The molecule has 2 amide bonds. The highest BCUT2D eigenvalue weighted by atomic mass is 16.5. The molecule has 7 nitrogen and oxygen atoms in total. The average molecular weight is 394 g/mol. The normalized spacial score (nSPS) is 11.5. The summed E-state index contributed by atoms with van der Waals surface area (Å²) >= 11 is 0. The van der Waals surface area contributed by atoms with E-state index in [4.69, 9.17) is 13.9 Å². The van der Waals surface area contributed by atoms with Crippen molar-refractivity contribution in [1.82, 2.24) is 0 Å². The van der Waals surface area contributed by atoms with Gasteiger partial charge < -0.3 is 24.5 Å². The zero-order valence-electron chi connectivity index (χ0n) is 16.2. The molecule has 1 aromatic heterocycles. The fourth-order valence-electron chi connectivity index (χ4n) is 2.54. The molecule has 0 aliphatic rings. The largest absolute Gasteiger partial charge is 0.497 e. The summed E-state index contributed by atoms with van der Waals surface area (Å²) in [6.45, 7) is 1.98. The highest BCUT2D eigenvalue weighted by Gasteiger charge is 2.14. The summed E-state index contributed by atoms with van der Waals surface area (Å²) in [6.07, 6.45) is 0.796. The van der Waals surface area contributed by atoms with E-state index in [-0.39, 0.29) is 17.6 Å². The minimum atomic E-state index is -0.639. The first-order valence-corrected chi connectivity index (χ1v) is 9.05. The Morgan fingerprint density at radius 3 is 2.38 bits per heavy atom. The predicted octanol–water partition coefficient (Wildman–Crippen LogP) is 4.08. The van der Waals surface area contributed by atoms with Gasteiger partial charge in [0, 0.05) is 11.4 Å². The third-order valence-corrected chi connectivity index (χ3v) is 4.16. The van der Waals surface area contributed by atoms with Gasteiger partial charge in [-0.15, -0.1) is 0 Å². The third kappa shape index (κ3) is 5.70. The summed E-state index contributed by atoms with van der Waals surface area (Å²) in [5.41, 5.74) is 2.11. The van der Waals surface area contributed by atoms with Gasteiger partial charge in [0.15, 0.2) is 5.76 Å². The Balaban J connectivity index is 1.49. The number of benzene rings is 2. The van der Waals surface area contributed by atoms with Crippen LogP contribution in [0, 0.1) is 0 Å². The van der Waals surface area contributed by atoms with E-state index >= 15 is 0 Å². The van der Waals surface area contributed by atoms with Crippen LogP contribution in [0.5, 0.6) is 5.75 Å². The van der Waals surface area contributed by atoms with Crippen molar-refractivity contribution >= 4 is 23.2 Å². The van der Waals surface area contributed by atoms with Crippen LogP contribution in [0.25, 0.3) is 0 Å². The molecule has 1 unspecified atom stereocenters. The number of hydrogen-bond donors (Lipinski definition) is 2. The maximum absolute atomic E-state index is 12.3. The van der Waals surface area contributed by atoms with E-state index in [1.807, 2.05) is 24.3 Å². The monoisotopic (exact) mass is 394 g/mol. The van der Waals surface area contributed by atoms with E-state index in [0.717, 1.165) is 11.3 Å². The number of rotatable bonds is 8. The maximum Gasteiger partial charge on any atom is 0.291 e. The van der Waals surface area contributed by atoms with Gasteiger partial charge in [-0.3, -0.25) is 9.59 Å². The van der Waals surface area contributed by atoms with Crippen molar-refractivity contribution < 1.29 is 23.5 Å². The van der Waals surface area contributed by atoms with Gasteiger partial charge in [0.25, 0.3) is 11.8 Å². The van der Waals surface area contributed by atoms with Gasteiger partial charge in [-0.05, 0) is 61.0 Å². The molecule has 7 heteroatoms. The molecule has 1 atom stereocenters. The first-order chi connectivity index (χ1) is 14.0. The number of methoxy groups -OCH3 is 1. The zero-order valence-corrected chi connectivity index (χ0v) is 16.2. The summed E-state index contributed by atoms with van der Waals surface area (Å²) in [5.74, 6) is 0.360. The van der Waals surface area contributed by atoms with Crippen LogP contribution in [-0.4, -0.2) is 25.0 Å². The topological polar surface area (TPSA) is 89.8 Å². The predicted molar refractivity (Wildman–Crippen MR) is 109 cm³/mol. The SMILES string of the molecule is COc1cccc(COC(C)C(=O)Nc2ccc(NC(=O)c3ccco3)cc2)c1. The molecule has 0 radical (unpaired) electrons. The summed E-state index contributed by atoms with van der Waals surface area (Å²) in [6, 6.07) is 17.5. The van der Waals surface area contributed by atoms with E-state index in [1.165, 1.54) is 6.26 Å². The number of anilines is 2. The molecule has 29 heavy (non-hydrogen) atoms. The molecule has 2 aromatic carbocycles. The Bertz CT molecular complexity index is 952. The molecule has 150 valence electrons. The fraction of sp³-hybridized carbons (Fsp3) is 0.182. The van der Waals surface area contributed by atoms with Gasteiger partial charge in [-0.25, -0.2) is 0 Å². The third-order valence-electron chi connectivity index (χ3n) is 4.16. The van der Waals surface area contributed by atoms with Crippen molar-refractivity contribution in [3.8, 4) is 5.75 Å². The quantitative estimate of drug-likeness (QED) is 0.601. The molecule has 0 aliphatic carbocycles. The van der Waals surface area contributed by atoms with Gasteiger partial charge in [0.2, 0.25) is 0 Å². The molecule has 0 saturated heterocycles. The second kappa shape index (κ2) is 9.57. The fourth-order valence-corrected chi connectivity index (χ4v) is 2.54. The number of ether oxygens (including phenoxy) is 2. The van der Waals surface area contributed by atoms with E-state index in [2.05, 4.69) is 10.6 Å². The minimum Gasteiger partial charge on any atom is -0.497 e. The molecular weight excluding hydrogens is 372 g/mol. The highest BCUT2D eigenvalue weighted by molar-refractivity contribution is 6.02.